The maximum absolute atomic E-state index is 14.0. The first-order valence-corrected chi connectivity index (χ1v) is 24.2. The van der Waals surface area contributed by atoms with Crippen molar-refractivity contribution < 1.29 is 66.9 Å². The summed E-state index contributed by atoms with van der Waals surface area (Å²) in [4.78, 5) is 136. The van der Waals surface area contributed by atoms with Gasteiger partial charge in [0.1, 0.15) is 74.8 Å². The number of rotatable bonds is 8. The lowest BCUT2D eigenvalue weighted by Crippen LogP contribution is -2.60. The molecule has 8 N–H and O–H groups in total. The Morgan fingerprint density at radius 1 is 0.544 bits per heavy atom. The molecule has 0 spiro atoms. The quantitative estimate of drug-likeness (QED) is 0.100. The highest BCUT2D eigenvalue weighted by atomic mass is 33.1. The Morgan fingerprint density at radius 3 is 1.24 bits per heavy atom. The van der Waals surface area contributed by atoms with E-state index in [4.69, 9.17) is 18.9 Å². The van der Waals surface area contributed by atoms with Gasteiger partial charge in [0.15, 0.2) is 0 Å². The third-order valence-electron chi connectivity index (χ3n) is 10.2. The molecule has 2 aromatic rings. The van der Waals surface area contributed by atoms with E-state index >= 15 is 0 Å². The lowest BCUT2D eigenvalue weighted by molar-refractivity contribution is -0.152. The fraction of sp³-hybridized carbons (Fsp3) is 0.500. The minimum absolute atomic E-state index is 0.178. The van der Waals surface area contributed by atoms with Crippen LogP contribution in [0, 0.1) is 11.8 Å². The van der Waals surface area contributed by atoms with Crippen LogP contribution in [0.1, 0.15) is 52.7 Å². The van der Waals surface area contributed by atoms with Gasteiger partial charge in [-0.15, -0.1) is 0 Å². The maximum Gasteiger partial charge on any atom is 0.408 e. The highest BCUT2D eigenvalue weighted by Gasteiger charge is 2.37. The standard InChI is InChI=1S/C44H58N8O14S2/c1-23(2)33-41(59)63-19-29(49-43(61)65-17-27-13-9-7-10-14-27)37(55)45-26(6)36(54)48-32-22-68-67-21-31(39(57)51-33)47-35(53)25(5)46-38(56)30(20-64-42(60)34(24(3)4)52-40(32)58)50-44(62)66-18-28-15-11-8-12-16-28/h7-16,23-26,29-34H,17-22H2,1-6H3,(H,45,55)(H,46,56)(H,47,53)(H,48,54)(H,49,61)(H,50,62)(H,51,57)(H,52,58)/t25-,26-,29+,30+,31-,32-,33?,34?/m0/s1. The van der Waals surface area contributed by atoms with Crippen LogP contribution in [-0.2, 0) is 70.5 Å². The molecule has 0 radical (unpaired) electrons. The normalized spacial score (nSPS) is 25.4. The Bertz CT molecular complexity index is 1970. The zero-order valence-electron chi connectivity index (χ0n) is 38.3. The molecule has 370 valence electrons. The summed E-state index contributed by atoms with van der Waals surface area (Å²) < 4.78 is 21.5. The highest BCUT2D eigenvalue weighted by Crippen LogP contribution is 2.24. The second kappa shape index (κ2) is 26.7. The third-order valence-corrected chi connectivity index (χ3v) is 12.6. The van der Waals surface area contributed by atoms with Crippen molar-refractivity contribution in [3.8, 4) is 0 Å². The molecule has 0 aliphatic carbocycles. The van der Waals surface area contributed by atoms with E-state index in [0.717, 1.165) is 21.6 Å². The zero-order chi connectivity index (χ0) is 49.9. The van der Waals surface area contributed by atoms with Crippen molar-refractivity contribution in [2.24, 2.45) is 11.8 Å². The van der Waals surface area contributed by atoms with Crippen LogP contribution in [0.3, 0.4) is 0 Å². The Balaban J connectivity index is 1.67. The van der Waals surface area contributed by atoms with Gasteiger partial charge in [-0.1, -0.05) is 110 Å². The van der Waals surface area contributed by atoms with Gasteiger partial charge >= 0.3 is 24.1 Å². The average molecular weight is 987 g/mol. The van der Waals surface area contributed by atoms with Crippen LogP contribution in [0.4, 0.5) is 9.59 Å². The Labute approximate surface area is 400 Å². The van der Waals surface area contributed by atoms with Gasteiger partial charge in [0.05, 0.1) is 0 Å². The van der Waals surface area contributed by atoms with Crippen LogP contribution < -0.4 is 42.5 Å². The molecule has 2 bridgehead atoms. The van der Waals surface area contributed by atoms with Crippen LogP contribution >= 0.6 is 21.6 Å². The average Bonchev–Trinajstić information content (AvgIpc) is 3.30. The smallest absolute Gasteiger partial charge is 0.408 e. The lowest BCUT2D eigenvalue weighted by atomic mass is 10.0. The number of hydrogen-bond donors (Lipinski definition) is 8. The molecule has 0 aromatic heterocycles. The van der Waals surface area contributed by atoms with E-state index in [0.29, 0.717) is 11.1 Å². The minimum Gasteiger partial charge on any atom is -0.461 e. The number of cyclic esters (lactones) is 2. The van der Waals surface area contributed by atoms with Crippen molar-refractivity contribution in [3.05, 3.63) is 71.8 Å². The van der Waals surface area contributed by atoms with Crippen molar-refractivity contribution in [2.75, 3.05) is 24.7 Å². The number of alkyl carbamates (subject to hydrolysis) is 2. The second-order valence-electron chi connectivity index (χ2n) is 16.4. The number of fused-ring (bicyclic) bond motifs is 5. The Hall–Kier alpha value is -6.56. The summed E-state index contributed by atoms with van der Waals surface area (Å²) in [5.41, 5.74) is 1.26. The van der Waals surface area contributed by atoms with E-state index in [1.165, 1.54) is 13.8 Å². The lowest BCUT2D eigenvalue weighted by Gasteiger charge is -2.28. The van der Waals surface area contributed by atoms with E-state index in [1.807, 2.05) is 0 Å². The van der Waals surface area contributed by atoms with Gasteiger partial charge in [-0.05, 0) is 36.8 Å². The van der Waals surface area contributed by atoms with Gasteiger partial charge in [0.25, 0.3) is 0 Å². The number of esters is 2. The summed E-state index contributed by atoms with van der Waals surface area (Å²) in [6.07, 6.45) is -2.14. The predicted octanol–water partition coefficient (Wildman–Crippen LogP) is 0.332. The zero-order valence-corrected chi connectivity index (χ0v) is 40.0. The van der Waals surface area contributed by atoms with Gasteiger partial charge in [0, 0.05) is 11.5 Å². The fourth-order valence-electron chi connectivity index (χ4n) is 6.14. The largest absolute Gasteiger partial charge is 0.461 e. The van der Waals surface area contributed by atoms with Gasteiger partial charge in [-0.2, -0.15) is 0 Å². The molecular weight excluding hydrogens is 929 g/mol. The van der Waals surface area contributed by atoms with Crippen molar-refractivity contribution in [1.82, 2.24) is 42.5 Å². The van der Waals surface area contributed by atoms with Gasteiger partial charge in [0.2, 0.25) is 35.4 Å². The van der Waals surface area contributed by atoms with Crippen molar-refractivity contribution >= 4 is 81.2 Å². The monoisotopic (exact) mass is 986 g/mol. The molecule has 2 heterocycles. The molecule has 68 heavy (non-hydrogen) atoms. The predicted molar refractivity (Wildman–Crippen MR) is 247 cm³/mol. The summed E-state index contributed by atoms with van der Waals surface area (Å²) >= 11 is 0. The van der Waals surface area contributed by atoms with Crippen LogP contribution in [0.5, 0.6) is 0 Å². The first-order valence-electron chi connectivity index (χ1n) is 21.7. The van der Waals surface area contributed by atoms with Gasteiger partial charge in [-0.3, -0.25) is 28.8 Å². The SMILES string of the molecule is CC(C)C1NC(=O)[C@@H]2CSSC[C@H](NC(=O)[C@H](C)NC(=O)[C@H](NC(=O)OCc3ccccc3)COC1=O)C(=O)NC(C(C)C)C(=O)OC[C@@H](NC(=O)OCc1ccccc1)C(=O)N[C@@H](C)C(=O)N2. The Morgan fingerprint density at radius 2 is 0.897 bits per heavy atom. The first-order chi connectivity index (χ1) is 32.3. The van der Waals surface area contributed by atoms with Crippen molar-refractivity contribution in [1.29, 1.82) is 0 Å². The van der Waals surface area contributed by atoms with Crippen LogP contribution in [-0.4, -0.2) is 133 Å². The van der Waals surface area contributed by atoms with E-state index in [2.05, 4.69) is 42.5 Å². The fourth-order valence-corrected chi connectivity index (χ4v) is 8.47. The first kappa shape index (κ1) is 54.0. The molecule has 2 aliphatic heterocycles. The second-order valence-corrected chi connectivity index (χ2v) is 18.9. The van der Waals surface area contributed by atoms with Crippen LogP contribution in [0.2, 0.25) is 0 Å². The molecule has 8 atom stereocenters. The molecule has 0 saturated carbocycles. The molecule has 2 saturated heterocycles. The molecule has 2 fully saturated rings. The van der Waals surface area contributed by atoms with Gasteiger partial charge < -0.3 is 61.5 Å². The topological polar surface area (TPSA) is 304 Å². The van der Waals surface area contributed by atoms with Crippen LogP contribution in [0.15, 0.2) is 60.7 Å². The summed E-state index contributed by atoms with van der Waals surface area (Å²) in [5.74, 6) is -9.11. The maximum atomic E-state index is 14.0. The number of nitrogens with one attached hydrogen (secondary N) is 8. The molecule has 2 aromatic carbocycles. The van der Waals surface area contributed by atoms with Crippen LogP contribution in [0.25, 0.3) is 0 Å². The Kier molecular flexibility index (Phi) is 21.2. The third kappa shape index (κ3) is 17.3. The number of carbonyl (C=O) groups is 10. The summed E-state index contributed by atoms with van der Waals surface area (Å²) in [7, 11) is 2.01. The number of hydrogen-bond acceptors (Lipinski definition) is 16. The molecule has 24 heteroatoms. The van der Waals surface area contributed by atoms with Crippen molar-refractivity contribution in [3.63, 3.8) is 0 Å². The number of amides is 8. The number of benzene rings is 2. The molecule has 2 unspecified atom stereocenters. The van der Waals surface area contributed by atoms with E-state index in [-0.39, 0.29) is 24.7 Å². The highest BCUT2D eigenvalue weighted by molar-refractivity contribution is 8.76. The summed E-state index contributed by atoms with van der Waals surface area (Å²) in [5, 5.41) is 19.8. The number of ether oxygens (including phenoxy) is 4. The molecule has 8 amide bonds. The van der Waals surface area contributed by atoms with Gasteiger partial charge in [-0.25, -0.2) is 19.2 Å². The summed E-state index contributed by atoms with van der Waals surface area (Å²) in [6, 6.07) is 5.71. The number of carbonyl (C=O) groups excluding carboxylic acids is 10. The molecule has 4 rings (SSSR count). The van der Waals surface area contributed by atoms with E-state index in [9.17, 15) is 47.9 Å². The van der Waals surface area contributed by atoms with E-state index in [1.54, 1.807) is 88.4 Å². The van der Waals surface area contributed by atoms with Crippen molar-refractivity contribution in [2.45, 2.75) is 103 Å². The molecule has 2 aliphatic rings. The molecular formula is C44H58N8O14S2. The summed E-state index contributed by atoms with van der Waals surface area (Å²) in [6.45, 7) is 7.05. The minimum atomic E-state index is -1.64. The van der Waals surface area contributed by atoms with E-state index < -0.39 is 133 Å². The molecule has 22 nitrogen and oxygen atoms in total.